The normalized spacial score (nSPS) is 10.7. The number of hydrogen-bond donors (Lipinski definition) is 2. The molecule has 0 aliphatic rings. The van der Waals surface area contributed by atoms with Gasteiger partial charge in [-0.1, -0.05) is 19.1 Å². The first-order valence-electron chi connectivity index (χ1n) is 8.65. The molecule has 0 aliphatic carbocycles. The predicted octanol–water partition coefficient (Wildman–Crippen LogP) is 3.95. The minimum Gasteiger partial charge on any atom is -0.494 e. The highest BCUT2D eigenvalue weighted by Gasteiger charge is 2.11. The van der Waals surface area contributed by atoms with Gasteiger partial charge in [-0.2, -0.15) is 5.10 Å². The predicted molar refractivity (Wildman–Crippen MR) is 101 cm³/mol. The maximum Gasteiger partial charge on any atom is 0.224 e. The Balaban J connectivity index is 1.54. The van der Waals surface area contributed by atoms with Crippen LogP contribution in [0.2, 0.25) is 0 Å². The summed E-state index contributed by atoms with van der Waals surface area (Å²) in [6.45, 7) is 2.69. The van der Waals surface area contributed by atoms with Gasteiger partial charge in [-0.3, -0.25) is 14.7 Å². The maximum absolute atomic E-state index is 12.3. The van der Waals surface area contributed by atoms with E-state index in [0.717, 1.165) is 23.1 Å². The van der Waals surface area contributed by atoms with E-state index in [1.807, 2.05) is 19.1 Å². The van der Waals surface area contributed by atoms with Gasteiger partial charge >= 0.3 is 0 Å². The van der Waals surface area contributed by atoms with Crippen molar-refractivity contribution in [2.45, 2.75) is 26.2 Å². The summed E-state index contributed by atoms with van der Waals surface area (Å²) in [5, 5.41) is 10.6. The number of nitrogens with zero attached hydrogens (tertiary/aromatic N) is 1. The van der Waals surface area contributed by atoms with Gasteiger partial charge in [0.2, 0.25) is 5.91 Å². The average Bonchev–Trinajstić information content (AvgIpc) is 3.15. The third-order valence-corrected chi connectivity index (χ3v) is 3.98. The van der Waals surface area contributed by atoms with Crippen LogP contribution in [0.4, 0.5) is 5.69 Å². The van der Waals surface area contributed by atoms with Crippen LogP contribution in [0.3, 0.4) is 0 Å². The first kappa shape index (κ1) is 17.7. The molecule has 26 heavy (non-hydrogen) atoms. The van der Waals surface area contributed by atoms with E-state index in [-0.39, 0.29) is 24.5 Å². The lowest BCUT2D eigenvalue weighted by Gasteiger charge is -2.07. The van der Waals surface area contributed by atoms with Crippen LogP contribution in [-0.2, 0) is 4.79 Å². The van der Waals surface area contributed by atoms with Crippen LogP contribution in [0.5, 0.6) is 5.75 Å². The van der Waals surface area contributed by atoms with Gasteiger partial charge in [-0.25, -0.2) is 0 Å². The van der Waals surface area contributed by atoms with Crippen molar-refractivity contribution < 1.29 is 14.3 Å². The monoisotopic (exact) mass is 351 g/mol. The minimum absolute atomic E-state index is 0.0676. The van der Waals surface area contributed by atoms with Gasteiger partial charge < -0.3 is 10.1 Å². The van der Waals surface area contributed by atoms with Crippen LogP contribution in [0.25, 0.3) is 10.9 Å². The topological polar surface area (TPSA) is 84.1 Å². The average molecular weight is 351 g/mol. The number of fused-ring (bicyclic) bond motifs is 1. The summed E-state index contributed by atoms with van der Waals surface area (Å²) >= 11 is 0. The Hall–Kier alpha value is -3.15. The molecule has 2 N–H and O–H groups in total. The Morgan fingerprint density at radius 1 is 1.12 bits per heavy atom. The molecule has 3 rings (SSSR count). The lowest BCUT2D eigenvalue weighted by Crippen LogP contribution is -2.13. The highest BCUT2D eigenvalue weighted by Crippen LogP contribution is 2.21. The standard InChI is InChI=1S/C20H21N3O3/c1-2-12-26-16-8-6-14(7-9-16)18(24)10-11-19(25)22-17-5-3-4-15-13-21-23-20(15)17/h3-9,13H,2,10-12H2,1H3,(H,21,23)(H,22,25). The molecule has 0 fully saturated rings. The first-order chi connectivity index (χ1) is 12.7. The zero-order chi connectivity index (χ0) is 18.4. The van der Waals surface area contributed by atoms with Crippen LogP contribution in [0, 0.1) is 0 Å². The van der Waals surface area contributed by atoms with Gasteiger partial charge in [0.05, 0.1) is 24.0 Å². The van der Waals surface area contributed by atoms with Crippen molar-refractivity contribution in [3.63, 3.8) is 0 Å². The second-order valence-corrected chi connectivity index (χ2v) is 5.98. The molecule has 2 aromatic carbocycles. The van der Waals surface area contributed by atoms with E-state index in [9.17, 15) is 9.59 Å². The molecule has 3 aromatic rings. The summed E-state index contributed by atoms with van der Waals surface area (Å²) in [6, 6.07) is 12.6. The Kier molecular flexibility index (Phi) is 5.63. The number of ketones is 1. The molecule has 1 amide bonds. The fourth-order valence-electron chi connectivity index (χ4n) is 2.61. The molecule has 6 heteroatoms. The Labute approximate surface area is 151 Å². The molecule has 6 nitrogen and oxygen atoms in total. The number of rotatable bonds is 8. The summed E-state index contributed by atoms with van der Waals surface area (Å²) < 4.78 is 5.50. The quantitative estimate of drug-likeness (QED) is 0.602. The third-order valence-electron chi connectivity index (χ3n) is 3.98. The highest BCUT2D eigenvalue weighted by molar-refractivity contribution is 6.03. The van der Waals surface area contributed by atoms with Gasteiger partial charge in [-0.15, -0.1) is 0 Å². The number of anilines is 1. The number of benzene rings is 2. The van der Waals surface area contributed by atoms with Crippen molar-refractivity contribution in [1.29, 1.82) is 0 Å². The van der Waals surface area contributed by atoms with Gasteiger partial charge in [0.25, 0.3) is 0 Å². The number of aromatic nitrogens is 2. The fraction of sp³-hybridized carbons (Fsp3) is 0.250. The van der Waals surface area contributed by atoms with Crippen molar-refractivity contribution in [3.8, 4) is 5.75 Å². The van der Waals surface area contributed by atoms with E-state index >= 15 is 0 Å². The number of carbonyl (C=O) groups is 2. The molecule has 0 aliphatic heterocycles. The molecule has 1 heterocycles. The first-order valence-corrected chi connectivity index (χ1v) is 8.65. The Morgan fingerprint density at radius 2 is 1.92 bits per heavy atom. The SMILES string of the molecule is CCCOc1ccc(C(=O)CCC(=O)Nc2cccc3cn[nH]c23)cc1. The number of hydrogen-bond acceptors (Lipinski definition) is 4. The molecular formula is C20H21N3O3. The molecular weight excluding hydrogens is 330 g/mol. The number of nitrogens with one attached hydrogen (secondary N) is 2. The van der Waals surface area contributed by atoms with Gasteiger partial charge in [0, 0.05) is 23.8 Å². The van der Waals surface area contributed by atoms with Crippen LogP contribution < -0.4 is 10.1 Å². The molecule has 0 atom stereocenters. The van der Waals surface area contributed by atoms with Crippen LogP contribution in [-0.4, -0.2) is 28.5 Å². The summed E-state index contributed by atoms with van der Waals surface area (Å²) in [7, 11) is 0. The molecule has 1 aromatic heterocycles. The van der Waals surface area contributed by atoms with E-state index in [2.05, 4.69) is 15.5 Å². The molecule has 0 unspecified atom stereocenters. The number of H-pyrrole nitrogens is 1. The maximum atomic E-state index is 12.3. The molecule has 0 saturated carbocycles. The van der Waals surface area contributed by atoms with Crippen LogP contribution in [0.15, 0.2) is 48.7 Å². The van der Waals surface area contributed by atoms with Crippen molar-refractivity contribution in [2.24, 2.45) is 0 Å². The number of amides is 1. The lowest BCUT2D eigenvalue weighted by molar-refractivity contribution is -0.116. The van der Waals surface area contributed by atoms with E-state index in [0.29, 0.717) is 17.9 Å². The van der Waals surface area contributed by atoms with Gasteiger partial charge in [0.15, 0.2) is 5.78 Å². The second-order valence-electron chi connectivity index (χ2n) is 5.98. The smallest absolute Gasteiger partial charge is 0.224 e. The fourth-order valence-corrected chi connectivity index (χ4v) is 2.61. The van der Waals surface area contributed by atoms with E-state index in [1.165, 1.54) is 0 Å². The van der Waals surface area contributed by atoms with Gasteiger partial charge in [0.1, 0.15) is 5.75 Å². The second kappa shape index (κ2) is 8.29. The zero-order valence-electron chi connectivity index (χ0n) is 14.6. The number of Topliss-reactive ketones (excluding diaryl/α,β-unsaturated/α-hetero) is 1. The number of ether oxygens (including phenoxy) is 1. The number of aromatic amines is 1. The van der Waals surface area contributed by atoms with E-state index < -0.39 is 0 Å². The van der Waals surface area contributed by atoms with Crippen molar-refractivity contribution in [3.05, 3.63) is 54.2 Å². The molecule has 134 valence electrons. The largest absolute Gasteiger partial charge is 0.494 e. The van der Waals surface area contributed by atoms with Crippen LogP contribution in [0.1, 0.15) is 36.5 Å². The highest BCUT2D eigenvalue weighted by atomic mass is 16.5. The summed E-state index contributed by atoms with van der Waals surface area (Å²) in [5.74, 6) is 0.471. The van der Waals surface area contributed by atoms with Crippen molar-refractivity contribution in [2.75, 3.05) is 11.9 Å². The summed E-state index contributed by atoms with van der Waals surface area (Å²) in [5.41, 5.74) is 2.02. The van der Waals surface area contributed by atoms with Crippen molar-refractivity contribution in [1.82, 2.24) is 10.2 Å². The summed E-state index contributed by atoms with van der Waals surface area (Å²) in [6.07, 6.45) is 2.90. The molecule has 0 saturated heterocycles. The zero-order valence-corrected chi connectivity index (χ0v) is 14.6. The molecule has 0 bridgehead atoms. The van der Waals surface area contributed by atoms with E-state index in [1.54, 1.807) is 36.5 Å². The molecule has 0 spiro atoms. The number of carbonyl (C=O) groups excluding carboxylic acids is 2. The Morgan fingerprint density at radius 3 is 2.69 bits per heavy atom. The lowest BCUT2D eigenvalue weighted by atomic mass is 10.1. The van der Waals surface area contributed by atoms with Gasteiger partial charge in [-0.05, 0) is 36.8 Å². The number of para-hydroxylation sites is 1. The van der Waals surface area contributed by atoms with E-state index in [4.69, 9.17) is 4.74 Å². The summed E-state index contributed by atoms with van der Waals surface area (Å²) in [4.78, 5) is 24.4. The van der Waals surface area contributed by atoms with Crippen molar-refractivity contribution >= 4 is 28.3 Å². The molecule has 0 radical (unpaired) electrons. The minimum atomic E-state index is -0.205. The van der Waals surface area contributed by atoms with Crippen LogP contribution >= 0.6 is 0 Å². The Bertz CT molecular complexity index is 900. The third kappa shape index (κ3) is 4.27.